The van der Waals surface area contributed by atoms with Gasteiger partial charge in [0.15, 0.2) is 22.0 Å². The van der Waals surface area contributed by atoms with Crippen molar-refractivity contribution in [2.24, 2.45) is 5.73 Å². The number of methoxy groups -OCH3 is 1. The van der Waals surface area contributed by atoms with E-state index in [2.05, 4.69) is 4.98 Å². The van der Waals surface area contributed by atoms with Gasteiger partial charge in [-0.2, -0.15) is 0 Å². The van der Waals surface area contributed by atoms with E-state index in [0.717, 1.165) is 17.5 Å². The summed E-state index contributed by atoms with van der Waals surface area (Å²) in [6.45, 7) is 0. The Kier molecular flexibility index (Phi) is 4.77. The van der Waals surface area contributed by atoms with Crippen molar-refractivity contribution in [3.8, 4) is 17.1 Å². The first-order chi connectivity index (χ1) is 13.9. The molecule has 1 aliphatic rings. The number of oxazole rings is 1. The molecular formula is C20H19N3O5S. The van der Waals surface area contributed by atoms with E-state index in [9.17, 15) is 8.42 Å². The van der Waals surface area contributed by atoms with Crippen molar-refractivity contribution in [1.82, 2.24) is 4.98 Å². The third-order valence-electron chi connectivity index (χ3n) is 4.51. The van der Waals surface area contributed by atoms with Crippen LogP contribution in [0.5, 0.6) is 5.75 Å². The Morgan fingerprint density at radius 1 is 1.21 bits per heavy atom. The number of rotatable bonds is 5. The number of benzene rings is 2. The third kappa shape index (κ3) is 3.69. The first kappa shape index (κ1) is 19.0. The van der Waals surface area contributed by atoms with Gasteiger partial charge >= 0.3 is 0 Å². The molecule has 0 saturated carbocycles. The molecule has 0 radical (unpaired) electrons. The van der Waals surface area contributed by atoms with Gasteiger partial charge in [-0.3, -0.25) is 10.6 Å². The zero-order valence-electron chi connectivity index (χ0n) is 15.8. The molecule has 2 aromatic carbocycles. The minimum absolute atomic E-state index is 0.213. The topological polar surface area (TPSA) is 108 Å². The summed E-state index contributed by atoms with van der Waals surface area (Å²) < 4.78 is 40.2. The number of hydrogen-bond acceptors (Lipinski definition) is 8. The Balaban J connectivity index is 1.69. The predicted molar refractivity (Wildman–Crippen MR) is 108 cm³/mol. The van der Waals surface area contributed by atoms with Gasteiger partial charge in [-0.15, -0.1) is 0 Å². The molecule has 0 saturated heterocycles. The van der Waals surface area contributed by atoms with Crippen LogP contribution in [0.4, 0.5) is 5.69 Å². The first-order valence-electron chi connectivity index (χ1n) is 8.66. The summed E-state index contributed by atoms with van der Waals surface area (Å²) >= 11 is 0. The number of aromatic nitrogens is 1. The van der Waals surface area contributed by atoms with Crippen LogP contribution in [-0.2, 0) is 14.6 Å². The number of nitrogens with zero attached hydrogens (tertiary/aromatic N) is 2. The summed E-state index contributed by atoms with van der Waals surface area (Å²) in [4.78, 5) is 5.87. The fraction of sp³-hybridized carbons (Fsp3) is 0.150. The van der Waals surface area contributed by atoms with Crippen LogP contribution < -0.4 is 15.4 Å². The molecule has 1 atom stereocenters. The van der Waals surface area contributed by atoms with E-state index in [1.165, 1.54) is 6.39 Å². The second kappa shape index (κ2) is 7.26. The lowest BCUT2D eigenvalue weighted by Crippen LogP contribution is -2.36. The SMILES string of the molecule is COc1cc(N2C=C(c3cccc(S(C)(=O)=O)c3)OC2N)ccc1-c1cnco1. The molecule has 2 N–H and O–H groups in total. The minimum Gasteiger partial charge on any atom is -0.496 e. The standard InChI is InChI=1S/C20H19N3O5S/c1-26-17-9-14(6-7-16(17)18-10-22-12-27-18)23-11-19(28-20(23)21)13-4-3-5-15(8-13)29(2,24)25/h3-12,20H,21H2,1-2H3. The Morgan fingerprint density at radius 2 is 2.03 bits per heavy atom. The van der Waals surface area contributed by atoms with Crippen molar-refractivity contribution in [1.29, 1.82) is 0 Å². The molecule has 8 nitrogen and oxygen atoms in total. The number of hydrogen-bond donors (Lipinski definition) is 1. The zero-order chi connectivity index (χ0) is 20.6. The summed E-state index contributed by atoms with van der Waals surface area (Å²) in [5, 5.41) is 0. The van der Waals surface area contributed by atoms with Crippen LogP contribution in [-0.4, -0.2) is 33.1 Å². The van der Waals surface area contributed by atoms with E-state index in [-0.39, 0.29) is 4.90 Å². The Bertz CT molecular complexity index is 1170. The molecular weight excluding hydrogens is 394 g/mol. The van der Waals surface area contributed by atoms with Gasteiger partial charge in [-0.25, -0.2) is 13.4 Å². The van der Waals surface area contributed by atoms with E-state index < -0.39 is 16.2 Å². The smallest absolute Gasteiger partial charge is 0.231 e. The van der Waals surface area contributed by atoms with Crippen molar-refractivity contribution >= 4 is 21.3 Å². The second-order valence-electron chi connectivity index (χ2n) is 6.46. The highest BCUT2D eigenvalue weighted by atomic mass is 32.2. The van der Waals surface area contributed by atoms with Gasteiger partial charge in [0.2, 0.25) is 6.35 Å². The quantitative estimate of drug-likeness (QED) is 0.680. The molecule has 3 aromatic rings. The predicted octanol–water partition coefficient (Wildman–Crippen LogP) is 2.83. The maximum absolute atomic E-state index is 11.8. The van der Waals surface area contributed by atoms with Crippen molar-refractivity contribution in [3.63, 3.8) is 0 Å². The molecule has 0 spiro atoms. The van der Waals surface area contributed by atoms with Gasteiger partial charge < -0.3 is 13.9 Å². The number of nitrogens with two attached hydrogens (primary N) is 1. The molecule has 150 valence electrons. The summed E-state index contributed by atoms with van der Waals surface area (Å²) in [5.74, 6) is 1.65. The highest BCUT2D eigenvalue weighted by molar-refractivity contribution is 7.90. The van der Waals surface area contributed by atoms with Gasteiger partial charge in [0.05, 0.1) is 30.0 Å². The molecule has 2 heterocycles. The summed E-state index contributed by atoms with van der Waals surface area (Å²) in [5.41, 5.74) is 8.27. The van der Waals surface area contributed by atoms with Gasteiger partial charge in [0.1, 0.15) is 11.5 Å². The molecule has 4 rings (SSSR count). The van der Waals surface area contributed by atoms with Crippen molar-refractivity contribution in [2.45, 2.75) is 11.2 Å². The van der Waals surface area contributed by atoms with Crippen LogP contribution in [0.15, 0.2) is 70.6 Å². The lowest BCUT2D eigenvalue weighted by Gasteiger charge is -2.21. The van der Waals surface area contributed by atoms with Crippen LogP contribution in [0.3, 0.4) is 0 Å². The largest absolute Gasteiger partial charge is 0.496 e. The molecule has 9 heteroatoms. The van der Waals surface area contributed by atoms with Crippen LogP contribution in [0.1, 0.15) is 5.56 Å². The Hall–Kier alpha value is -3.30. The number of ether oxygens (including phenoxy) is 2. The molecule has 1 aliphatic heterocycles. The molecule has 0 amide bonds. The van der Waals surface area contributed by atoms with Gasteiger partial charge in [-0.1, -0.05) is 12.1 Å². The minimum atomic E-state index is -3.33. The highest BCUT2D eigenvalue weighted by Gasteiger charge is 2.26. The van der Waals surface area contributed by atoms with Crippen LogP contribution >= 0.6 is 0 Å². The normalized spacial score (nSPS) is 16.4. The Morgan fingerprint density at radius 3 is 2.72 bits per heavy atom. The molecule has 29 heavy (non-hydrogen) atoms. The van der Waals surface area contributed by atoms with E-state index in [4.69, 9.17) is 19.6 Å². The van der Waals surface area contributed by atoms with Crippen molar-refractivity contribution in [3.05, 3.63) is 66.8 Å². The molecule has 0 aliphatic carbocycles. The zero-order valence-corrected chi connectivity index (χ0v) is 16.6. The van der Waals surface area contributed by atoms with E-state index in [1.807, 2.05) is 18.2 Å². The van der Waals surface area contributed by atoms with Gasteiger partial charge in [0, 0.05) is 23.6 Å². The highest BCUT2D eigenvalue weighted by Crippen LogP contribution is 2.36. The fourth-order valence-electron chi connectivity index (χ4n) is 3.05. The van der Waals surface area contributed by atoms with E-state index >= 15 is 0 Å². The van der Waals surface area contributed by atoms with E-state index in [0.29, 0.717) is 22.8 Å². The monoisotopic (exact) mass is 413 g/mol. The average molecular weight is 413 g/mol. The summed E-state index contributed by atoms with van der Waals surface area (Å²) in [6.07, 6.45) is 5.08. The van der Waals surface area contributed by atoms with E-state index in [1.54, 1.807) is 48.7 Å². The summed E-state index contributed by atoms with van der Waals surface area (Å²) in [7, 11) is -1.76. The Labute approximate surface area is 168 Å². The van der Waals surface area contributed by atoms with Gasteiger partial charge in [-0.05, 0) is 24.3 Å². The van der Waals surface area contributed by atoms with Crippen LogP contribution in [0.25, 0.3) is 17.1 Å². The first-order valence-corrected chi connectivity index (χ1v) is 10.6. The lowest BCUT2D eigenvalue weighted by atomic mass is 10.1. The maximum atomic E-state index is 11.8. The van der Waals surface area contributed by atoms with Gasteiger partial charge in [0.25, 0.3) is 0 Å². The third-order valence-corrected chi connectivity index (χ3v) is 5.62. The summed E-state index contributed by atoms with van der Waals surface area (Å²) in [6, 6.07) is 12.1. The fourth-order valence-corrected chi connectivity index (χ4v) is 3.72. The molecule has 1 aromatic heterocycles. The second-order valence-corrected chi connectivity index (χ2v) is 8.48. The number of anilines is 1. The number of sulfone groups is 1. The average Bonchev–Trinajstić information content (AvgIpc) is 3.37. The van der Waals surface area contributed by atoms with Crippen molar-refractivity contribution < 1.29 is 22.3 Å². The molecule has 0 fully saturated rings. The molecule has 1 unspecified atom stereocenters. The maximum Gasteiger partial charge on any atom is 0.231 e. The lowest BCUT2D eigenvalue weighted by molar-refractivity contribution is 0.199. The van der Waals surface area contributed by atoms with Crippen LogP contribution in [0.2, 0.25) is 0 Å². The molecule has 0 bridgehead atoms. The van der Waals surface area contributed by atoms with Crippen LogP contribution in [0, 0.1) is 0 Å². The van der Waals surface area contributed by atoms with Crippen molar-refractivity contribution in [2.75, 3.05) is 18.3 Å².